The molecule has 1 saturated carbocycles. The average molecular weight is 228 g/mol. The second kappa shape index (κ2) is 5.84. The molecule has 1 fully saturated rings. The summed E-state index contributed by atoms with van der Waals surface area (Å²) in [6.07, 6.45) is 2.00. The van der Waals surface area contributed by atoms with Gasteiger partial charge in [0.05, 0.1) is 11.8 Å². The Morgan fingerprint density at radius 2 is 2.00 bits per heavy atom. The quantitative estimate of drug-likeness (QED) is 0.586. The zero-order valence-electron chi connectivity index (χ0n) is 9.61. The van der Waals surface area contributed by atoms with Crippen LogP contribution in [0.5, 0.6) is 0 Å². The Balaban J connectivity index is 2.50. The third-order valence-electron chi connectivity index (χ3n) is 3.13. The van der Waals surface area contributed by atoms with Crippen molar-refractivity contribution < 1.29 is 14.7 Å². The fraction of sp³-hybridized carbons (Fsp3) is 0.818. The summed E-state index contributed by atoms with van der Waals surface area (Å²) in [5.41, 5.74) is 5.32. The van der Waals surface area contributed by atoms with Crippen LogP contribution in [0.1, 0.15) is 26.2 Å². The number of carboxylic acid groups (broad SMARTS) is 1. The van der Waals surface area contributed by atoms with E-state index < -0.39 is 11.9 Å². The number of carboxylic acids is 1. The normalized spacial score (nSPS) is 29.0. The molecule has 5 heteroatoms. The Kier molecular flexibility index (Phi) is 4.73. The van der Waals surface area contributed by atoms with E-state index >= 15 is 0 Å². The lowest BCUT2D eigenvalue weighted by molar-refractivity contribution is -0.146. The molecule has 0 saturated heterocycles. The molecule has 0 spiro atoms. The highest BCUT2D eigenvalue weighted by molar-refractivity contribution is 5.85. The summed E-state index contributed by atoms with van der Waals surface area (Å²) < 4.78 is 0. The predicted octanol–water partition coefficient (Wildman–Crippen LogP) is 0.198. The lowest BCUT2D eigenvalue weighted by Gasteiger charge is -2.15. The van der Waals surface area contributed by atoms with Crippen molar-refractivity contribution in [3.8, 4) is 0 Å². The summed E-state index contributed by atoms with van der Waals surface area (Å²) in [6.45, 7) is 3.05. The van der Waals surface area contributed by atoms with Gasteiger partial charge in [0.25, 0.3) is 0 Å². The zero-order valence-corrected chi connectivity index (χ0v) is 9.61. The molecule has 0 bridgehead atoms. The maximum Gasteiger partial charge on any atom is 0.307 e. The van der Waals surface area contributed by atoms with E-state index in [4.69, 9.17) is 10.8 Å². The van der Waals surface area contributed by atoms with Crippen molar-refractivity contribution >= 4 is 11.9 Å². The minimum Gasteiger partial charge on any atom is -0.481 e. The van der Waals surface area contributed by atoms with Gasteiger partial charge in [0.1, 0.15) is 0 Å². The van der Waals surface area contributed by atoms with Gasteiger partial charge in [-0.15, -0.1) is 0 Å². The highest BCUT2D eigenvalue weighted by Gasteiger charge is 2.40. The summed E-state index contributed by atoms with van der Waals surface area (Å²) in [4.78, 5) is 22.8. The third-order valence-corrected chi connectivity index (χ3v) is 3.13. The summed E-state index contributed by atoms with van der Waals surface area (Å²) >= 11 is 0. The molecule has 5 nitrogen and oxygen atoms in total. The van der Waals surface area contributed by atoms with Gasteiger partial charge in [0, 0.05) is 6.54 Å². The number of hydrogen-bond donors (Lipinski definition) is 3. The van der Waals surface area contributed by atoms with Crippen LogP contribution < -0.4 is 11.1 Å². The van der Waals surface area contributed by atoms with Crippen LogP contribution >= 0.6 is 0 Å². The van der Waals surface area contributed by atoms with Crippen molar-refractivity contribution in [3.63, 3.8) is 0 Å². The van der Waals surface area contributed by atoms with Crippen molar-refractivity contribution in [3.05, 3.63) is 0 Å². The van der Waals surface area contributed by atoms with Crippen LogP contribution in [0.2, 0.25) is 0 Å². The number of carbonyl (C=O) groups excluding carboxylic acids is 1. The molecule has 1 unspecified atom stereocenters. The van der Waals surface area contributed by atoms with E-state index in [1.807, 2.05) is 6.92 Å². The van der Waals surface area contributed by atoms with E-state index in [2.05, 4.69) is 5.32 Å². The van der Waals surface area contributed by atoms with Gasteiger partial charge in [-0.3, -0.25) is 9.59 Å². The van der Waals surface area contributed by atoms with Crippen LogP contribution in [0.3, 0.4) is 0 Å². The van der Waals surface area contributed by atoms with Gasteiger partial charge in [0.2, 0.25) is 5.91 Å². The standard InChI is InChI=1S/C11H20N2O3/c1-7-5-8(9(6-7)11(15)16)10(14)13-4-2-3-12/h7-9H,2-6,12H2,1H3,(H,13,14)(H,15,16)/t7?,8-,9+/m0/s1. The summed E-state index contributed by atoms with van der Waals surface area (Å²) in [5.74, 6) is -1.57. The Morgan fingerprint density at radius 1 is 1.38 bits per heavy atom. The first kappa shape index (κ1) is 13.0. The fourth-order valence-corrected chi connectivity index (χ4v) is 2.30. The van der Waals surface area contributed by atoms with Crippen molar-refractivity contribution in [1.29, 1.82) is 0 Å². The summed E-state index contributed by atoms with van der Waals surface area (Å²) in [7, 11) is 0. The first-order valence-electron chi connectivity index (χ1n) is 5.76. The molecule has 16 heavy (non-hydrogen) atoms. The van der Waals surface area contributed by atoms with Crippen LogP contribution in [0.4, 0.5) is 0 Å². The molecule has 1 rings (SSSR count). The maximum absolute atomic E-state index is 11.8. The Labute approximate surface area is 95.4 Å². The molecule has 3 atom stereocenters. The molecule has 0 heterocycles. The van der Waals surface area contributed by atoms with E-state index in [-0.39, 0.29) is 11.8 Å². The number of hydrogen-bond acceptors (Lipinski definition) is 3. The minimum atomic E-state index is -0.858. The van der Waals surface area contributed by atoms with Gasteiger partial charge >= 0.3 is 5.97 Å². The molecule has 0 aliphatic heterocycles. The molecule has 0 aromatic heterocycles. The maximum atomic E-state index is 11.8. The van der Waals surface area contributed by atoms with Crippen molar-refractivity contribution in [2.45, 2.75) is 26.2 Å². The predicted molar refractivity (Wildman–Crippen MR) is 59.7 cm³/mol. The van der Waals surface area contributed by atoms with Gasteiger partial charge < -0.3 is 16.2 Å². The minimum absolute atomic E-state index is 0.134. The number of nitrogens with two attached hydrogens (primary N) is 1. The second-order valence-corrected chi connectivity index (χ2v) is 4.56. The van der Waals surface area contributed by atoms with Gasteiger partial charge in [-0.2, -0.15) is 0 Å². The number of carbonyl (C=O) groups is 2. The fourth-order valence-electron chi connectivity index (χ4n) is 2.30. The Morgan fingerprint density at radius 3 is 2.56 bits per heavy atom. The molecule has 0 radical (unpaired) electrons. The topological polar surface area (TPSA) is 92.4 Å². The Hall–Kier alpha value is -1.10. The van der Waals surface area contributed by atoms with Crippen LogP contribution in [-0.2, 0) is 9.59 Å². The van der Waals surface area contributed by atoms with Crippen molar-refractivity contribution in [2.24, 2.45) is 23.5 Å². The molecular weight excluding hydrogens is 208 g/mol. The van der Waals surface area contributed by atoms with Crippen LogP contribution in [0.25, 0.3) is 0 Å². The largest absolute Gasteiger partial charge is 0.481 e. The van der Waals surface area contributed by atoms with E-state index in [0.717, 1.165) is 6.42 Å². The second-order valence-electron chi connectivity index (χ2n) is 4.56. The van der Waals surface area contributed by atoms with Gasteiger partial charge in [-0.25, -0.2) is 0 Å². The van der Waals surface area contributed by atoms with Crippen LogP contribution in [0.15, 0.2) is 0 Å². The monoisotopic (exact) mass is 228 g/mol. The SMILES string of the molecule is CC1C[C@H](C(=O)NCCCN)[C@H](C(=O)O)C1. The number of aliphatic carboxylic acids is 1. The lowest BCUT2D eigenvalue weighted by Crippen LogP contribution is -2.36. The highest BCUT2D eigenvalue weighted by Crippen LogP contribution is 2.36. The molecule has 4 N–H and O–H groups in total. The smallest absolute Gasteiger partial charge is 0.307 e. The van der Waals surface area contributed by atoms with E-state index in [1.165, 1.54) is 0 Å². The van der Waals surface area contributed by atoms with Crippen LogP contribution in [-0.4, -0.2) is 30.1 Å². The first-order chi connectivity index (χ1) is 7.56. The van der Waals surface area contributed by atoms with Gasteiger partial charge in [0.15, 0.2) is 0 Å². The van der Waals surface area contributed by atoms with Gasteiger partial charge in [-0.1, -0.05) is 6.92 Å². The van der Waals surface area contributed by atoms with E-state index in [0.29, 0.717) is 31.8 Å². The Bertz CT molecular complexity index is 268. The molecule has 1 amide bonds. The molecule has 0 aromatic rings. The number of amides is 1. The van der Waals surface area contributed by atoms with E-state index in [1.54, 1.807) is 0 Å². The zero-order chi connectivity index (χ0) is 12.1. The summed E-state index contributed by atoms with van der Waals surface area (Å²) in [6, 6.07) is 0. The number of nitrogens with one attached hydrogen (secondary N) is 1. The number of rotatable bonds is 5. The molecule has 0 aromatic carbocycles. The highest BCUT2D eigenvalue weighted by atomic mass is 16.4. The summed E-state index contributed by atoms with van der Waals surface area (Å²) in [5, 5.41) is 11.8. The van der Waals surface area contributed by atoms with Crippen molar-refractivity contribution in [1.82, 2.24) is 5.32 Å². The average Bonchev–Trinajstić information content (AvgIpc) is 2.61. The lowest BCUT2D eigenvalue weighted by atomic mass is 9.95. The molecule has 92 valence electrons. The van der Waals surface area contributed by atoms with E-state index in [9.17, 15) is 9.59 Å². The van der Waals surface area contributed by atoms with Crippen LogP contribution in [0, 0.1) is 17.8 Å². The first-order valence-corrected chi connectivity index (χ1v) is 5.76. The van der Waals surface area contributed by atoms with Crippen molar-refractivity contribution in [2.75, 3.05) is 13.1 Å². The third kappa shape index (κ3) is 3.20. The molecular formula is C11H20N2O3. The van der Waals surface area contributed by atoms with Gasteiger partial charge in [-0.05, 0) is 31.7 Å². The molecule has 1 aliphatic carbocycles. The molecule has 1 aliphatic rings.